The summed E-state index contributed by atoms with van der Waals surface area (Å²) in [5, 5.41) is 4.32. The molecule has 0 saturated heterocycles. The minimum absolute atomic E-state index is 0.850. The van der Waals surface area contributed by atoms with Crippen LogP contribution in [0, 0.1) is 13.8 Å². The second-order valence-corrected chi connectivity index (χ2v) is 4.00. The summed E-state index contributed by atoms with van der Waals surface area (Å²) in [4.78, 5) is 9.01. The topological polar surface area (TPSA) is 43.1 Å². The van der Waals surface area contributed by atoms with Crippen LogP contribution >= 0.6 is 0 Å². The lowest BCUT2D eigenvalue weighted by molar-refractivity contribution is 0.935. The van der Waals surface area contributed by atoms with E-state index in [-0.39, 0.29) is 0 Å². The van der Waals surface area contributed by atoms with Gasteiger partial charge in [0, 0.05) is 11.9 Å². The summed E-state index contributed by atoms with van der Waals surface area (Å²) in [6.45, 7) is 3.96. The Labute approximate surface area is 99.0 Å². The minimum Gasteiger partial charge on any atom is -0.251 e. The molecule has 0 aliphatic heterocycles. The van der Waals surface area contributed by atoms with Crippen LogP contribution in [0.4, 0.5) is 0 Å². The average molecular weight is 224 g/mol. The molecule has 3 rings (SSSR count). The third-order valence-electron chi connectivity index (χ3n) is 2.70. The molecule has 0 N–H and O–H groups in total. The molecule has 3 aromatic rings. The summed E-state index contributed by atoms with van der Waals surface area (Å²) in [5.41, 5.74) is 4.66. The normalized spacial score (nSPS) is 10.9. The van der Waals surface area contributed by atoms with Crippen LogP contribution < -0.4 is 0 Å². The standard InChI is InChI=1S/C13H12N4/c1-9-5-3-6-11(15-9)13-10(2)16-12-7-4-8-14-17(12)13/h3-8H,1-2H3. The van der Waals surface area contributed by atoms with Crippen LogP contribution in [0.15, 0.2) is 36.5 Å². The minimum atomic E-state index is 0.850. The number of pyridine rings is 1. The van der Waals surface area contributed by atoms with Crippen molar-refractivity contribution in [1.29, 1.82) is 0 Å². The molecule has 0 amide bonds. The molecule has 0 unspecified atom stereocenters. The van der Waals surface area contributed by atoms with E-state index in [1.165, 1.54) is 0 Å². The summed E-state index contributed by atoms with van der Waals surface area (Å²) < 4.78 is 1.83. The molecule has 0 aliphatic carbocycles. The average Bonchev–Trinajstić information content (AvgIpc) is 2.64. The molecule has 0 bridgehead atoms. The predicted molar refractivity (Wildman–Crippen MR) is 65.7 cm³/mol. The van der Waals surface area contributed by atoms with Crippen LogP contribution in [0.3, 0.4) is 0 Å². The monoisotopic (exact) mass is 224 g/mol. The van der Waals surface area contributed by atoms with Crippen molar-refractivity contribution >= 4 is 5.65 Å². The van der Waals surface area contributed by atoms with E-state index in [0.717, 1.165) is 28.4 Å². The molecule has 4 heteroatoms. The number of fused-ring (bicyclic) bond motifs is 1. The van der Waals surface area contributed by atoms with Crippen molar-refractivity contribution in [3.8, 4) is 11.4 Å². The highest BCUT2D eigenvalue weighted by atomic mass is 15.3. The van der Waals surface area contributed by atoms with Crippen molar-refractivity contribution in [3.05, 3.63) is 47.9 Å². The van der Waals surface area contributed by atoms with Crippen LogP contribution in [0.1, 0.15) is 11.4 Å². The molecular weight excluding hydrogens is 212 g/mol. The first kappa shape index (κ1) is 9.96. The lowest BCUT2D eigenvalue weighted by atomic mass is 10.2. The zero-order valence-electron chi connectivity index (χ0n) is 9.75. The number of imidazole rings is 1. The molecule has 3 aromatic heterocycles. The fourth-order valence-electron chi connectivity index (χ4n) is 1.97. The Hall–Kier alpha value is -2.23. The maximum atomic E-state index is 4.53. The van der Waals surface area contributed by atoms with E-state index in [1.54, 1.807) is 6.20 Å². The summed E-state index contributed by atoms with van der Waals surface area (Å²) in [5.74, 6) is 0. The Morgan fingerprint density at radius 2 is 1.88 bits per heavy atom. The van der Waals surface area contributed by atoms with Gasteiger partial charge in [-0.15, -0.1) is 0 Å². The maximum absolute atomic E-state index is 4.53. The van der Waals surface area contributed by atoms with Crippen LogP contribution in [-0.4, -0.2) is 19.6 Å². The summed E-state index contributed by atoms with van der Waals surface area (Å²) in [7, 11) is 0. The van der Waals surface area contributed by atoms with E-state index in [0.29, 0.717) is 0 Å². The van der Waals surface area contributed by atoms with Gasteiger partial charge in [0.2, 0.25) is 0 Å². The Morgan fingerprint density at radius 3 is 2.71 bits per heavy atom. The molecule has 3 heterocycles. The second-order valence-electron chi connectivity index (χ2n) is 4.00. The van der Waals surface area contributed by atoms with E-state index in [2.05, 4.69) is 15.1 Å². The summed E-state index contributed by atoms with van der Waals surface area (Å²) >= 11 is 0. The number of hydrogen-bond donors (Lipinski definition) is 0. The van der Waals surface area contributed by atoms with Crippen molar-refractivity contribution in [1.82, 2.24) is 19.6 Å². The highest BCUT2D eigenvalue weighted by Crippen LogP contribution is 2.21. The first-order chi connectivity index (χ1) is 8.25. The lowest BCUT2D eigenvalue weighted by Crippen LogP contribution is -1.96. The molecule has 0 fully saturated rings. The lowest BCUT2D eigenvalue weighted by Gasteiger charge is -2.02. The molecule has 0 aliphatic rings. The Morgan fingerprint density at radius 1 is 1.00 bits per heavy atom. The third kappa shape index (κ3) is 1.58. The van der Waals surface area contributed by atoms with Gasteiger partial charge in [0.15, 0.2) is 5.65 Å². The Bertz CT molecular complexity index is 685. The van der Waals surface area contributed by atoms with Crippen molar-refractivity contribution in [2.24, 2.45) is 0 Å². The van der Waals surface area contributed by atoms with Gasteiger partial charge in [0.05, 0.1) is 11.4 Å². The molecule has 0 spiro atoms. The predicted octanol–water partition coefficient (Wildman–Crippen LogP) is 2.41. The number of rotatable bonds is 1. The summed E-state index contributed by atoms with van der Waals surface area (Å²) in [6.07, 6.45) is 1.76. The Balaban J connectivity index is 2.33. The van der Waals surface area contributed by atoms with Gasteiger partial charge in [-0.05, 0) is 38.1 Å². The van der Waals surface area contributed by atoms with E-state index < -0.39 is 0 Å². The second kappa shape index (κ2) is 3.66. The van der Waals surface area contributed by atoms with Crippen molar-refractivity contribution in [2.75, 3.05) is 0 Å². The number of aryl methyl sites for hydroxylation is 2. The quantitative estimate of drug-likeness (QED) is 0.637. The molecular formula is C13H12N4. The van der Waals surface area contributed by atoms with Crippen LogP contribution in [-0.2, 0) is 0 Å². The zero-order chi connectivity index (χ0) is 11.8. The first-order valence-corrected chi connectivity index (χ1v) is 5.50. The summed E-state index contributed by atoms with van der Waals surface area (Å²) in [6, 6.07) is 9.79. The number of aromatic nitrogens is 4. The highest BCUT2D eigenvalue weighted by Gasteiger charge is 2.12. The smallest absolute Gasteiger partial charge is 0.154 e. The van der Waals surface area contributed by atoms with E-state index >= 15 is 0 Å². The molecule has 0 radical (unpaired) electrons. The van der Waals surface area contributed by atoms with Gasteiger partial charge in [0.25, 0.3) is 0 Å². The van der Waals surface area contributed by atoms with Gasteiger partial charge in [-0.1, -0.05) is 6.07 Å². The van der Waals surface area contributed by atoms with Gasteiger partial charge in [-0.2, -0.15) is 5.10 Å². The molecule has 84 valence electrons. The molecule has 4 nitrogen and oxygen atoms in total. The maximum Gasteiger partial charge on any atom is 0.154 e. The number of nitrogens with zero attached hydrogens (tertiary/aromatic N) is 4. The molecule has 0 atom stereocenters. The third-order valence-corrected chi connectivity index (χ3v) is 2.70. The largest absolute Gasteiger partial charge is 0.251 e. The van der Waals surface area contributed by atoms with E-state index in [4.69, 9.17) is 0 Å². The van der Waals surface area contributed by atoms with E-state index in [1.807, 2.05) is 48.7 Å². The molecule has 0 aromatic carbocycles. The Kier molecular flexibility index (Phi) is 2.14. The van der Waals surface area contributed by atoms with Gasteiger partial charge in [0.1, 0.15) is 5.69 Å². The van der Waals surface area contributed by atoms with Gasteiger partial charge < -0.3 is 0 Å². The van der Waals surface area contributed by atoms with Crippen molar-refractivity contribution < 1.29 is 0 Å². The highest BCUT2D eigenvalue weighted by molar-refractivity contribution is 5.62. The SMILES string of the molecule is Cc1cccc(-c2c(C)nc3cccnn23)n1. The van der Waals surface area contributed by atoms with Crippen LogP contribution in [0.25, 0.3) is 17.0 Å². The number of hydrogen-bond acceptors (Lipinski definition) is 3. The fraction of sp³-hybridized carbons (Fsp3) is 0.154. The molecule has 0 saturated carbocycles. The first-order valence-electron chi connectivity index (χ1n) is 5.50. The van der Waals surface area contributed by atoms with Crippen molar-refractivity contribution in [2.45, 2.75) is 13.8 Å². The van der Waals surface area contributed by atoms with Gasteiger partial charge in [-0.3, -0.25) is 4.98 Å². The van der Waals surface area contributed by atoms with Crippen LogP contribution in [0.2, 0.25) is 0 Å². The van der Waals surface area contributed by atoms with Gasteiger partial charge in [-0.25, -0.2) is 9.50 Å². The van der Waals surface area contributed by atoms with E-state index in [9.17, 15) is 0 Å². The molecule has 17 heavy (non-hydrogen) atoms. The van der Waals surface area contributed by atoms with Gasteiger partial charge >= 0.3 is 0 Å². The zero-order valence-corrected chi connectivity index (χ0v) is 9.75. The van der Waals surface area contributed by atoms with Crippen molar-refractivity contribution in [3.63, 3.8) is 0 Å². The van der Waals surface area contributed by atoms with Crippen LogP contribution in [0.5, 0.6) is 0 Å². The fourth-order valence-corrected chi connectivity index (χ4v) is 1.97.